The minimum atomic E-state index is -4.25. The Morgan fingerprint density at radius 2 is 1.72 bits per heavy atom. The highest BCUT2D eigenvalue weighted by molar-refractivity contribution is 7.90. The summed E-state index contributed by atoms with van der Waals surface area (Å²) in [5.74, 6) is -1.64. The lowest BCUT2D eigenvalue weighted by atomic mass is 10.1. The van der Waals surface area contributed by atoms with Crippen LogP contribution in [0.5, 0.6) is 5.75 Å². The monoisotopic (exact) mass is 571 g/mol. The Labute approximate surface area is 228 Å². The lowest BCUT2D eigenvalue weighted by molar-refractivity contribution is -0.384. The van der Waals surface area contributed by atoms with Crippen molar-refractivity contribution in [1.82, 2.24) is 3.97 Å². The highest BCUT2D eigenvalue weighted by atomic mass is 35.5. The fraction of sp³-hybridized carbons (Fsp3) is 0.154. The maximum atomic E-state index is 13.6. The normalized spacial score (nSPS) is 11.7. The average Bonchev–Trinajstić information content (AvgIpc) is 3.28. The Morgan fingerprint density at radius 3 is 2.36 bits per heavy atom. The Balaban J connectivity index is 1.78. The molecule has 1 heterocycles. The van der Waals surface area contributed by atoms with Crippen LogP contribution in [0.2, 0.25) is 5.02 Å². The maximum Gasteiger partial charge on any atom is 0.349 e. The second kappa shape index (κ2) is 10.4. The number of aromatic nitrogens is 1. The molecule has 0 saturated heterocycles. The van der Waals surface area contributed by atoms with Gasteiger partial charge in [-0.15, -0.1) is 0 Å². The van der Waals surface area contributed by atoms with Gasteiger partial charge in [-0.25, -0.2) is 17.2 Å². The molecule has 0 aliphatic carbocycles. The van der Waals surface area contributed by atoms with E-state index in [1.165, 1.54) is 69.5 Å². The number of carbonyl (C=O) groups is 2. The van der Waals surface area contributed by atoms with Crippen LogP contribution < -0.4 is 10.1 Å². The van der Waals surface area contributed by atoms with Crippen LogP contribution in [0, 0.1) is 10.1 Å². The van der Waals surface area contributed by atoms with Crippen molar-refractivity contribution in [2.45, 2.75) is 24.3 Å². The van der Waals surface area contributed by atoms with Crippen molar-refractivity contribution in [2.75, 3.05) is 12.4 Å². The molecule has 0 unspecified atom stereocenters. The lowest BCUT2D eigenvalue weighted by Gasteiger charge is -2.23. The van der Waals surface area contributed by atoms with Gasteiger partial charge in [-0.1, -0.05) is 29.8 Å². The van der Waals surface area contributed by atoms with E-state index in [4.69, 9.17) is 16.3 Å². The fourth-order valence-corrected chi connectivity index (χ4v) is 5.59. The van der Waals surface area contributed by atoms with Gasteiger partial charge in [0.05, 0.1) is 28.5 Å². The second-order valence-corrected chi connectivity index (χ2v) is 11.0. The number of nitrogens with zero attached hydrogens (tertiary/aromatic N) is 2. The number of halogens is 1. The van der Waals surface area contributed by atoms with Gasteiger partial charge in [0.15, 0.2) is 5.60 Å². The molecule has 0 aliphatic heterocycles. The van der Waals surface area contributed by atoms with Crippen LogP contribution in [0.15, 0.2) is 77.7 Å². The van der Waals surface area contributed by atoms with Gasteiger partial charge in [0.1, 0.15) is 17.1 Å². The molecule has 0 radical (unpaired) electrons. The van der Waals surface area contributed by atoms with E-state index >= 15 is 0 Å². The van der Waals surface area contributed by atoms with Crippen molar-refractivity contribution < 1.29 is 32.4 Å². The largest absolute Gasteiger partial charge is 0.476 e. The van der Waals surface area contributed by atoms with Crippen molar-refractivity contribution in [2.24, 2.45) is 0 Å². The third kappa shape index (κ3) is 5.42. The first-order valence-corrected chi connectivity index (χ1v) is 13.2. The Kier molecular flexibility index (Phi) is 7.35. The number of benzene rings is 3. The number of nitro benzene ring substituents is 1. The summed E-state index contributed by atoms with van der Waals surface area (Å²) in [6, 6.07) is 16.9. The lowest BCUT2D eigenvalue weighted by Crippen LogP contribution is -2.39. The van der Waals surface area contributed by atoms with Crippen LogP contribution >= 0.6 is 11.6 Å². The number of ether oxygens (including phenoxy) is 2. The van der Waals surface area contributed by atoms with Crippen LogP contribution in [0.1, 0.15) is 24.3 Å². The molecule has 4 aromatic rings. The zero-order valence-corrected chi connectivity index (χ0v) is 22.4. The van der Waals surface area contributed by atoms with Crippen LogP contribution in [0.3, 0.4) is 0 Å². The van der Waals surface area contributed by atoms with Gasteiger partial charge in [0, 0.05) is 10.4 Å². The van der Waals surface area contributed by atoms with E-state index < -0.39 is 38.1 Å². The fourth-order valence-electron chi connectivity index (χ4n) is 3.88. The first-order chi connectivity index (χ1) is 18.3. The molecule has 0 spiro atoms. The Hall–Kier alpha value is -4.42. The van der Waals surface area contributed by atoms with E-state index in [2.05, 4.69) is 10.1 Å². The molecule has 4 rings (SSSR count). The Bertz CT molecular complexity index is 1720. The molecule has 0 fully saturated rings. The molecule has 0 atom stereocenters. The summed E-state index contributed by atoms with van der Waals surface area (Å²) >= 11 is 6.09. The highest BCUT2D eigenvalue weighted by Crippen LogP contribution is 2.33. The van der Waals surface area contributed by atoms with Gasteiger partial charge in [-0.05, 0) is 62.4 Å². The molecule has 39 heavy (non-hydrogen) atoms. The van der Waals surface area contributed by atoms with Gasteiger partial charge >= 0.3 is 5.97 Å². The molecule has 11 nitrogen and oxygen atoms in total. The summed E-state index contributed by atoms with van der Waals surface area (Å²) in [4.78, 5) is 36.4. The zero-order valence-electron chi connectivity index (χ0n) is 20.9. The molecule has 0 bridgehead atoms. The standard InChI is InChI=1S/C26H22ClN3O8S/c1-26(2,25(32)37-3)38-18-10-11-20(22(15-18)30(33)34)28-24(31)23-14-16-13-17(27)9-12-21(16)29(23)39(35,36)19-7-5-4-6-8-19/h4-15H,1-3H3,(H,28,31). The smallest absolute Gasteiger partial charge is 0.349 e. The van der Waals surface area contributed by atoms with E-state index in [9.17, 15) is 28.1 Å². The van der Waals surface area contributed by atoms with Gasteiger partial charge in [-0.2, -0.15) is 0 Å². The summed E-state index contributed by atoms with van der Waals surface area (Å²) < 4.78 is 38.3. The van der Waals surface area contributed by atoms with Crippen molar-refractivity contribution in [3.8, 4) is 5.75 Å². The number of carbonyl (C=O) groups excluding carboxylic acids is 2. The highest BCUT2D eigenvalue weighted by Gasteiger charge is 2.32. The molecular weight excluding hydrogens is 550 g/mol. The summed E-state index contributed by atoms with van der Waals surface area (Å²) in [5, 5.41) is 14.9. The third-order valence-corrected chi connectivity index (χ3v) is 7.67. The number of hydrogen-bond donors (Lipinski definition) is 1. The number of nitro groups is 1. The van der Waals surface area contributed by atoms with E-state index in [0.29, 0.717) is 10.4 Å². The van der Waals surface area contributed by atoms with Crippen LogP contribution in [-0.4, -0.2) is 41.9 Å². The number of hydrogen-bond acceptors (Lipinski definition) is 8. The van der Waals surface area contributed by atoms with Crippen molar-refractivity contribution in [3.63, 3.8) is 0 Å². The van der Waals surface area contributed by atoms with E-state index in [1.54, 1.807) is 18.2 Å². The molecular formula is C26H22ClN3O8S. The predicted octanol–water partition coefficient (Wildman–Crippen LogP) is 5.02. The number of rotatable bonds is 8. The van der Waals surface area contributed by atoms with Crippen LogP contribution in [0.4, 0.5) is 11.4 Å². The average molecular weight is 572 g/mol. The SMILES string of the molecule is COC(=O)C(C)(C)Oc1ccc(NC(=O)c2cc3cc(Cl)ccc3n2S(=O)(=O)c2ccccc2)c([N+](=O)[O-])c1. The third-order valence-electron chi connectivity index (χ3n) is 5.70. The first kappa shape index (κ1) is 27.6. The maximum absolute atomic E-state index is 13.6. The number of nitrogens with one attached hydrogen (secondary N) is 1. The number of fused-ring (bicyclic) bond motifs is 1. The molecule has 1 aromatic heterocycles. The molecule has 202 valence electrons. The number of esters is 1. The molecule has 0 saturated carbocycles. The predicted molar refractivity (Wildman–Crippen MR) is 144 cm³/mol. The van der Waals surface area contributed by atoms with Gasteiger partial charge in [-0.3, -0.25) is 14.9 Å². The van der Waals surface area contributed by atoms with E-state index in [1.807, 2.05) is 0 Å². The summed E-state index contributed by atoms with van der Waals surface area (Å²) in [6.07, 6.45) is 0. The topological polar surface area (TPSA) is 147 Å². The quantitative estimate of drug-likeness (QED) is 0.176. The minimum Gasteiger partial charge on any atom is -0.476 e. The summed E-state index contributed by atoms with van der Waals surface area (Å²) in [5.41, 5.74) is -2.31. The summed E-state index contributed by atoms with van der Waals surface area (Å²) in [7, 11) is -3.07. The number of amides is 1. The second-order valence-electron chi connectivity index (χ2n) is 8.81. The molecule has 3 aromatic carbocycles. The molecule has 13 heteroatoms. The van der Waals surface area contributed by atoms with E-state index in [0.717, 1.165) is 10.0 Å². The van der Waals surface area contributed by atoms with Crippen molar-refractivity contribution in [3.05, 3.63) is 93.6 Å². The minimum absolute atomic E-state index is 0.0227. The Morgan fingerprint density at radius 1 is 1.03 bits per heavy atom. The zero-order chi connectivity index (χ0) is 28.5. The number of anilines is 1. The van der Waals surface area contributed by atoms with Crippen molar-refractivity contribution >= 4 is 55.8 Å². The van der Waals surface area contributed by atoms with Gasteiger partial charge < -0.3 is 14.8 Å². The molecule has 1 amide bonds. The number of methoxy groups -OCH3 is 1. The summed E-state index contributed by atoms with van der Waals surface area (Å²) in [6.45, 7) is 2.86. The van der Waals surface area contributed by atoms with Gasteiger partial charge in [0.2, 0.25) is 0 Å². The van der Waals surface area contributed by atoms with Crippen molar-refractivity contribution in [1.29, 1.82) is 0 Å². The molecule has 0 aliphatic rings. The van der Waals surface area contributed by atoms with Crippen LogP contribution in [0.25, 0.3) is 10.9 Å². The molecule has 1 N–H and O–H groups in total. The van der Waals surface area contributed by atoms with E-state index in [-0.39, 0.29) is 27.5 Å². The first-order valence-electron chi connectivity index (χ1n) is 11.3. The van der Waals surface area contributed by atoms with Crippen LogP contribution in [-0.2, 0) is 19.6 Å². The van der Waals surface area contributed by atoms with Gasteiger partial charge in [0.25, 0.3) is 21.6 Å².